The fraction of sp³-hybridized carbons (Fsp3) is 0.562. The summed E-state index contributed by atoms with van der Waals surface area (Å²) in [5.41, 5.74) is 1.24. The number of thioether (sulfide) groups is 1. The summed E-state index contributed by atoms with van der Waals surface area (Å²) in [5.74, 6) is 0.125. The van der Waals surface area contributed by atoms with Gasteiger partial charge in [0.25, 0.3) is 0 Å². The minimum Gasteiger partial charge on any atom is -0.355 e. The van der Waals surface area contributed by atoms with Crippen molar-refractivity contribution in [3.8, 4) is 0 Å². The predicted octanol–water partition coefficient (Wildman–Crippen LogP) is 2.93. The van der Waals surface area contributed by atoms with Gasteiger partial charge in [-0.25, -0.2) is 0 Å². The molecule has 1 amide bonds. The van der Waals surface area contributed by atoms with Gasteiger partial charge in [0, 0.05) is 11.4 Å². The Morgan fingerprint density at radius 3 is 2.50 bits per heavy atom. The first-order valence-corrected chi connectivity index (χ1v) is 8.03. The first-order valence-electron chi connectivity index (χ1n) is 7.15. The monoisotopic (exact) mass is 294 g/mol. The molecular formula is C16H26N2OS. The molecule has 0 aliphatic carbocycles. The van der Waals surface area contributed by atoms with E-state index in [9.17, 15) is 4.79 Å². The molecule has 1 atom stereocenters. The molecule has 1 aromatic carbocycles. The molecule has 0 aliphatic rings. The van der Waals surface area contributed by atoms with E-state index in [1.165, 1.54) is 5.56 Å². The van der Waals surface area contributed by atoms with Crippen molar-refractivity contribution in [1.82, 2.24) is 10.2 Å². The summed E-state index contributed by atoms with van der Waals surface area (Å²) in [5, 5.41) is 2.96. The number of hydrogen-bond acceptors (Lipinski definition) is 3. The van der Waals surface area contributed by atoms with Crippen LogP contribution in [0, 0.1) is 6.92 Å². The minimum atomic E-state index is -0.0495. The van der Waals surface area contributed by atoms with Crippen LogP contribution in [0.5, 0.6) is 0 Å². The molecule has 4 heteroatoms. The molecule has 0 aromatic heterocycles. The number of nitrogens with zero attached hydrogens (tertiary/aromatic N) is 1. The molecule has 112 valence electrons. The third-order valence-corrected chi connectivity index (χ3v) is 4.15. The lowest BCUT2D eigenvalue weighted by atomic mass is 10.2. The van der Waals surface area contributed by atoms with E-state index < -0.39 is 0 Å². The van der Waals surface area contributed by atoms with Crippen molar-refractivity contribution in [1.29, 1.82) is 0 Å². The molecule has 20 heavy (non-hydrogen) atoms. The van der Waals surface area contributed by atoms with Crippen molar-refractivity contribution in [3.63, 3.8) is 0 Å². The maximum Gasteiger partial charge on any atom is 0.233 e. The molecule has 0 spiro atoms. The van der Waals surface area contributed by atoms with Crippen LogP contribution in [0.1, 0.15) is 25.3 Å². The number of hydrogen-bond donors (Lipinski definition) is 1. The van der Waals surface area contributed by atoms with Crippen molar-refractivity contribution in [3.05, 3.63) is 29.8 Å². The van der Waals surface area contributed by atoms with Gasteiger partial charge in [-0.3, -0.25) is 4.79 Å². The number of nitrogens with one attached hydrogen (secondary N) is 1. The molecule has 0 heterocycles. The first-order chi connectivity index (χ1) is 9.49. The van der Waals surface area contributed by atoms with E-state index in [0.29, 0.717) is 0 Å². The van der Waals surface area contributed by atoms with Crippen LogP contribution < -0.4 is 5.32 Å². The molecule has 0 radical (unpaired) electrons. The summed E-state index contributed by atoms with van der Waals surface area (Å²) in [6.07, 6.45) is 2.15. The lowest BCUT2D eigenvalue weighted by Gasteiger charge is -2.13. The van der Waals surface area contributed by atoms with Crippen molar-refractivity contribution >= 4 is 17.7 Å². The summed E-state index contributed by atoms with van der Waals surface area (Å²) in [6.45, 7) is 5.87. The highest BCUT2D eigenvalue weighted by Gasteiger charge is 2.13. The first kappa shape index (κ1) is 17.1. The van der Waals surface area contributed by atoms with Gasteiger partial charge in [0.2, 0.25) is 5.91 Å². The molecule has 1 unspecified atom stereocenters. The second kappa shape index (κ2) is 9.03. The van der Waals surface area contributed by atoms with Gasteiger partial charge in [-0.2, -0.15) is 0 Å². The highest BCUT2D eigenvalue weighted by atomic mass is 32.2. The maximum absolute atomic E-state index is 12.0. The molecular weight excluding hydrogens is 268 g/mol. The second-order valence-electron chi connectivity index (χ2n) is 5.37. The van der Waals surface area contributed by atoms with Crippen molar-refractivity contribution < 1.29 is 4.79 Å². The van der Waals surface area contributed by atoms with E-state index >= 15 is 0 Å². The number of unbranched alkanes of at least 4 members (excludes halogenated alkanes) is 1. The highest BCUT2D eigenvalue weighted by Crippen LogP contribution is 2.23. The second-order valence-corrected chi connectivity index (χ2v) is 6.79. The molecule has 3 nitrogen and oxygen atoms in total. The van der Waals surface area contributed by atoms with Gasteiger partial charge >= 0.3 is 0 Å². The average molecular weight is 294 g/mol. The van der Waals surface area contributed by atoms with Crippen LogP contribution in [0.3, 0.4) is 0 Å². The standard InChI is InChI=1S/C16H26N2OS/c1-13-7-9-15(10-8-13)20-14(2)16(19)17-11-5-6-12-18(3)4/h7-10,14H,5-6,11-12H2,1-4H3,(H,17,19). The smallest absolute Gasteiger partial charge is 0.233 e. The van der Waals surface area contributed by atoms with Crippen LogP contribution in [0.4, 0.5) is 0 Å². The number of benzene rings is 1. The summed E-state index contributed by atoms with van der Waals surface area (Å²) in [7, 11) is 4.14. The van der Waals surface area contributed by atoms with Gasteiger partial charge in [0.1, 0.15) is 0 Å². The topological polar surface area (TPSA) is 32.3 Å². The van der Waals surface area contributed by atoms with Gasteiger partial charge in [0.05, 0.1) is 5.25 Å². The molecule has 0 bridgehead atoms. The zero-order chi connectivity index (χ0) is 15.0. The normalized spacial score (nSPS) is 12.4. The largest absolute Gasteiger partial charge is 0.355 e. The van der Waals surface area contributed by atoms with Crippen LogP contribution >= 0.6 is 11.8 Å². The van der Waals surface area contributed by atoms with Crippen molar-refractivity contribution in [2.45, 2.75) is 36.8 Å². The fourth-order valence-electron chi connectivity index (χ4n) is 1.78. The van der Waals surface area contributed by atoms with Crippen LogP contribution in [-0.2, 0) is 4.79 Å². The number of aryl methyl sites for hydroxylation is 1. The highest BCUT2D eigenvalue weighted by molar-refractivity contribution is 8.00. The zero-order valence-electron chi connectivity index (χ0n) is 13.0. The van der Waals surface area contributed by atoms with Crippen molar-refractivity contribution in [2.24, 2.45) is 0 Å². The molecule has 1 N–H and O–H groups in total. The lowest BCUT2D eigenvalue weighted by molar-refractivity contribution is -0.120. The Labute approximate surface area is 127 Å². The zero-order valence-corrected chi connectivity index (χ0v) is 13.8. The number of carbonyl (C=O) groups excluding carboxylic acids is 1. The molecule has 0 fully saturated rings. The molecule has 0 saturated heterocycles. The van der Waals surface area contributed by atoms with Crippen molar-refractivity contribution in [2.75, 3.05) is 27.2 Å². The molecule has 1 aromatic rings. The third kappa shape index (κ3) is 6.96. The summed E-state index contributed by atoms with van der Waals surface area (Å²) < 4.78 is 0. The SMILES string of the molecule is Cc1ccc(SC(C)C(=O)NCCCCN(C)C)cc1. The average Bonchev–Trinajstić information content (AvgIpc) is 2.40. The number of rotatable bonds is 8. The quantitative estimate of drug-likeness (QED) is 0.591. The van der Waals surface area contributed by atoms with Gasteiger partial charge in [-0.1, -0.05) is 17.7 Å². The van der Waals surface area contributed by atoms with Crippen LogP contribution in [-0.4, -0.2) is 43.2 Å². The molecule has 1 rings (SSSR count). The Morgan fingerprint density at radius 2 is 1.90 bits per heavy atom. The van der Waals surface area contributed by atoms with E-state index in [4.69, 9.17) is 0 Å². The van der Waals surface area contributed by atoms with E-state index in [1.807, 2.05) is 6.92 Å². The van der Waals surface area contributed by atoms with Gasteiger partial charge < -0.3 is 10.2 Å². The minimum absolute atomic E-state index is 0.0495. The summed E-state index contributed by atoms with van der Waals surface area (Å²) >= 11 is 1.61. The van der Waals surface area contributed by atoms with E-state index in [2.05, 4.69) is 55.5 Å². The van der Waals surface area contributed by atoms with Gasteiger partial charge in [-0.15, -0.1) is 11.8 Å². The number of amides is 1. The third-order valence-electron chi connectivity index (χ3n) is 3.03. The van der Waals surface area contributed by atoms with E-state index in [1.54, 1.807) is 11.8 Å². The Hall–Kier alpha value is -1.00. The molecule has 0 aliphatic heterocycles. The van der Waals surface area contributed by atoms with E-state index in [0.717, 1.165) is 30.8 Å². The number of carbonyl (C=O) groups is 1. The van der Waals surface area contributed by atoms with Crippen LogP contribution in [0.25, 0.3) is 0 Å². The summed E-state index contributed by atoms with van der Waals surface area (Å²) in [4.78, 5) is 15.3. The predicted molar refractivity (Wildman–Crippen MR) is 87.3 cm³/mol. The van der Waals surface area contributed by atoms with Gasteiger partial charge in [0.15, 0.2) is 0 Å². The van der Waals surface area contributed by atoms with Crippen LogP contribution in [0.15, 0.2) is 29.2 Å². The van der Waals surface area contributed by atoms with Crippen LogP contribution in [0.2, 0.25) is 0 Å². The van der Waals surface area contributed by atoms with E-state index in [-0.39, 0.29) is 11.2 Å². The Bertz CT molecular complexity index is 403. The Kier molecular flexibility index (Phi) is 7.70. The molecule has 0 saturated carbocycles. The maximum atomic E-state index is 12.0. The summed E-state index contributed by atoms with van der Waals surface area (Å²) in [6, 6.07) is 8.30. The Morgan fingerprint density at radius 1 is 1.25 bits per heavy atom. The fourth-order valence-corrected chi connectivity index (χ4v) is 2.67. The lowest BCUT2D eigenvalue weighted by Crippen LogP contribution is -2.31. The Balaban J connectivity index is 2.23. The van der Waals surface area contributed by atoms with Gasteiger partial charge in [-0.05, 0) is 59.5 Å².